The average Bonchev–Trinajstić information content (AvgIpc) is 2.74. The Balaban J connectivity index is 2.66. The van der Waals surface area contributed by atoms with E-state index >= 15 is 0 Å². The number of benzene rings is 1. The first-order valence-corrected chi connectivity index (χ1v) is 6.30. The van der Waals surface area contributed by atoms with Crippen molar-refractivity contribution in [2.24, 2.45) is 5.73 Å². The zero-order valence-corrected chi connectivity index (χ0v) is 11.5. The van der Waals surface area contributed by atoms with Gasteiger partial charge in [-0.05, 0) is 27.7 Å². The van der Waals surface area contributed by atoms with Crippen LogP contribution in [0, 0.1) is 0 Å². The van der Waals surface area contributed by atoms with Crippen LogP contribution in [0.5, 0.6) is 0 Å². The molecule has 1 aromatic carbocycles. The minimum atomic E-state index is -0.0572. The molecule has 0 radical (unpaired) electrons. The Hall–Kier alpha value is -1.61. The maximum atomic E-state index is 6.06. The molecule has 18 heavy (non-hydrogen) atoms. The van der Waals surface area contributed by atoms with Gasteiger partial charge in [-0.2, -0.15) is 5.10 Å². The SMILES string of the molecule is CC(N)c1cnn(C(C)(C)C)c1-c1ccccc1. The molecule has 0 amide bonds. The largest absolute Gasteiger partial charge is 0.324 e. The number of rotatable bonds is 2. The van der Waals surface area contributed by atoms with Crippen molar-refractivity contribution in [1.82, 2.24) is 9.78 Å². The van der Waals surface area contributed by atoms with Crippen LogP contribution in [0.2, 0.25) is 0 Å². The summed E-state index contributed by atoms with van der Waals surface area (Å²) in [6, 6.07) is 10.3. The molecule has 96 valence electrons. The van der Waals surface area contributed by atoms with Gasteiger partial charge < -0.3 is 5.73 Å². The second kappa shape index (κ2) is 4.58. The van der Waals surface area contributed by atoms with Crippen LogP contribution < -0.4 is 5.73 Å². The summed E-state index contributed by atoms with van der Waals surface area (Å²) in [6.45, 7) is 8.45. The smallest absolute Gasteiger partial charge is 0.0736 e. The molecule has 0 aliphatic carbocycles. The summed E-state index contributed by atoms with van der Waals surface area (Å²) in [5, 5.41) is 4.52. The summed E-state index contributed by atoms with van der Waals surface area (Å²) >= 11 is 0. The van der Waals surface area contributed by atoms with Crippen molar-refractivity contribution in [2.45, 2.75) is 39.3 Å². The second-order valence-corrected chi connectivity index (χ2v) is 5.69. The zero-order valence-electron chi connectivity index (χ0n) is 11.5. The van der Waals surface area contributed by atoms with E-state index in [1.165, 1.54) is 0 Å². The van der Waals surface area contributed by atoms with E-state index in [1.54, 1.807) is 0 Å². The topological polar surface area (TPSA) is 43.8 Å². The van der Waals surface area contributed by atoms with Crippen molar-refractivity contribution in [1.29, 1.82) is 0 Å². The standard InChI is InChI=1S/C15H21N3/c1-11(16)13-10-17-18(15(2,3)4)14(13)12-8-6-5-7-9-12/h5-11H,16H2,1-4H3. The van der Waals surface area contributed by atoms with Gasteiger partial charge in [0.15, 0.2) is 0 Å². The molecule has 0 fully saturated rings. The lowest BCUT2D eigenvalue weighted by molar-refractivity contribution is 0.360. The molecule has 0 spiro atoms. The van der Waals surface area contributed by atoms with Gasteiger partial charge in [0.1, 0.15) is 0 Å². The quantitative estimate of drug-likeness (QED) is 0.879. The highest BCUT2D eigenvalue weighted by Crippen LogP contribution is 2.31. The van der Waals surface area contributed by atoms with Gasteiger partial charge in [-0.1, -0.05) is 30.3 Å². The van der Waals surface area contributed by atoms with E-state index < -0.39 is 0 Å². The third-order valence-corrected chi connectivity index (χ3v) is 2.97. The molecule has 0 saturated heterocycles. The molecular weight excluding hydrogens is 222 g/mol. The first-order chi connectivity index (χ1) is 8.41. The number of hydrogen-bond donors (Lipinski definition) is 1. The highest BCUT2D eigenvalue weighted by molar-refractivity contribution is 5.64. The molecule has 3 heteroatoms. The lowest BCUT2D eigenvalue weighted by Gasteiger charge is -2.23. The van der Waals surface area contributed by atoms with E-state index in [1.807, 2.05) is 31.3 Å². The van der Waals surface area contributed by atoms with Crippen molar-refractivity contribution < 1.29 is 0 Å². The minimum Gasteiger partial charge on any atom is -0.324 e. The Labute approximate surface area is 109 Å². The molecule has 1 unspecified atom stereocenters. The van der Waals surface area contributed by atoms with Crippen LogP contribution in [0.15, 0.2) is 36.5 Å². The third-order valence-electron chi connectivity index (χ3n) is 2.97. The van der Waals surface area contributed by atoms with Crippen molar-refractivity contribution in [3.63, 3.8) is 0 Å². The van der Waals surface area contributed by atoms with Gasteiger partial charge in [0.25, 0.3) is 0 Å². The summed E-state index contributed by atoms with van der Waals surface area (Å²) in [7, 11) is 0. The van der Waals surface area contributed by atoms with E-state index in [-0.39, 0.29) is 11.6 Å². The van der Waals surface area contributed by atoms with Gasteiger partial charge in [0.2, 0.25) is 0 Å². The van der Waals surface area contributed by atoms with Crippen molar-refractivity contribution in [2.75, 3.05) is 0 Å². The maximum Gasteiger partial charge on any atom is 0.0736 e. The highest BCUT2D eigenvalue weighted by Gasteiger charge is 2.23. The lowest BCUT2D eigenvalue weighted by Crippen LogP contribution is -2.24. The van der Waals surface area contributed by atoms with Crippen LogP contribution >= 0.6 is 0 Å². The fraction of sp³-hybridized carbons (Fsp3) is 0.400. The predicted molar refractivity (Wildman–Crippen MR) is 75.3 cm³/mol. The molecule has 3 nitrogen and oxygen atoms in total. The number of hydrogen-bond acceptors (Lipinski definition) is 2. The van der Waals surface area contributed by atoms with E-state index in [2.05, 4.69) is 42.7 Å². The molecule has 0 bridgehead atoms. The van der Waals surface area contributed by atoms with Crippen molar-refractivity contribution in [3.05, 3.63) is 42.1 Å². The first kappa shape index (κ1) is 12.8. The van der Waals surface area contributed by atoms with Gasteiger partial charge in [0, 0.05) is 17.2 Å². The van der Waals surface area contributed by atoms with Crippen LogP contribution in [-0.4, -0.2) is 9.78 Å². The van der Waals surface area contributed by atoms with E-state index in [4.69, 9.17) is 5.73 Å². The summed E-state index contributed by atoms with van der Waals surface area (Å²) in [4.78, 5) is 0. The second-order valence-electron chi connectivity index (χ2n) is 5.69. The molecule has 0 aliphatic heterocycles. The Kier molecular flexibility index (Phi) is 3.26. The summed E-state index contributed by atoms with van der Waals surface area (Å²) in [5.74, 6) is 0. The Morgan fingerprint density at radius 1 is 1.17 bits per heavy atom. The van der Waals surface area contributed by atoms with Gasteiger partial charge in [0.05, 0.1) is 17.4 Å². The van der Waals surface area contributed by atoms with Crippen LogP contribution in [0.1, 0.15) is 39.3 Å². The van der Waals surface area contributed by atoms with Crippen molar-refractivity contribution in [3.8, 4) is 11.3 Å². The molecule has 1 aromatic heterocycles. The lowest BCUT2D eigenvalue weighted by atomic mass is 10.0. The number of nitrogens with zero attached hydrogens (tertiary/aromatic N) is 2. The first-order valence-electron chi connectivity index (χ1n) is 6.30. The molecule has 0 aliphatic rings. The van der Waals surface area contributed by atoms with Crippen LogP contribution in [-0.2, 0) is 5.54 Å². The van der Waals surface area contributed by atoms with Gasteiger partial charge in [-0.25, -0.2) is 0 Å². The summed E-state index contributed by atoms with van der Waals surface area (Å²) < 4.78 is 2.06. The fourth-order valence-corrected chi connectivity index (χ4v) is 2.09. The summed E-state index contributed by atoms with van der Waals surface area (Å²) in [6.07, 6.45) is 1.89. The normalized spacial score (nSPS) is 13.6. The molecule has 2 rings (SSSR count). The van der Waals surface area contributed by atoms with Crippen molar-refractivity contribution >= 4 is 0 Å². The number of nitrogens with two attached hydrogens (primary N) is 1. The monoisotopic (exact) mass is 243 g/mol. The maximum absolute atomic E-state index is 6.06. The molecule has 1 heterocycles. The van der Waals surface area contributed by atoms with Gasteiger partial charge >= 0.3 is 0 Å². The van der Waals surface area contributed by atoms with E-state index in [0.717, 1.165) is 16.8 Å². The predicted octanol–water partition coefficient (Wildman–Crippen LogP) is 3.32. The summed E-state index contributed by atoms with van der Waals surface area (Å²) in [5.41, 5.74) is 9.38. The Bertz CT molecular complexity index is 518. The number of aromatic nitrogens is 2. The molecule has 1 atom stereocenters. The molecule has 0 saturated carbocycles. The Morgan fingerprint density at radius 2 is 1.78 bits per heavy atom. The van der Waals surface area contributed by atoms with Crippen LogP contribution in [0.3, 0.4) is 0 Å². The molecular formula is C15H21N3. The van der Waals surface area contributed by atoms with Crippen LogP contribution in [0.25, 0.3) is 11.3 Å². The molecule has 2 aromatic rings. The Morgan fingerprint density at radius 3 is 2.28 bits per heavy atom. The van der Waals surface area contributed by atoms with E-state index in [9.17, 15) is 0 Å². The minimum absolute atomic E-state index is 0.0173. The van der Waals surface area contributed by atoms with Crippen LogP contribution in [0.4, 0.5) is 0 Å². The average molecular weight is 243 g/mol. The van der Waals surface area contributed by atoms with Gasteiger partial charge in [-0.3, -0.25) is 4.68 Å². The van der Waals surface area contributed by atoms with Gasteiger partial charge in [-0.15, -0.1) is 0 Å². The highest BCUT2D eigenvalue weighted by atomic mass is 15.3. The molecule has 2 N–H and O–H groups in total. The fourth-order valence-electron chi connectivity index (χ4n) is 2.09. The zero-order chi connectivity index (χ0) is 13.3. The van der Waals surface area contributed by atoms with E-state index in [0.29, 0.717) is 0 Å². The third kappa shape index (κ3) is 2.31.